The van der Waals surface area contributed by atoms with E-state index in [4.69, 9.17) is 23.2 Å². The van der Waals surface area contributed by atoms with Crippen LogP contribution in [-0.4, -0.2) is 11.3 Å². The molecule has 0 unspecified atom stereocenters. The summed E-state index contributed by atoms with van der Waals surface area (Å²) in [5.41, 5.74) is 2.66. The van der Waals surface area contributed by atoms with Crippen LogP contribution in [0.15, 0.2) is 30.3 Å². The summed E-state index contributed by atoms with van der Waals surface area (Å²) in [6, 6.07) is 10.5. The highest BCUT2D eigenvalue weighted by molar-refractivity contribution is 7.64. The van der Waals surface area contributed by atoms with E-state index in [1.165, 1.54) is 64.2 Å². The van der Waals surface area contributed by atoms with Gasteiger partial charge < -0.3 is 0 Å². The van der Waals surface area contributed by atoms with Crippen LogP contribution in [0.3, 0.4) is 0 Å². The molecule has 0 aliphatic heterocycles. The van der Waals surface area contributed by atoms with Gasteiger partial charge in [0.2, 0.25) is 0 Å². The average Bonchev–Trinajstić information content (AvgIpc) is 2.58. The zero-order chi connectivity index (χ0) is 15.4. The van der Waals surface area contributed by atoms with Crippen LogP contribution in [0.25, 0.3) is 0 Å². The SMILES string of the molecule is ClC(Cl)(c1ccccc1)P(C1CCCCC1)C1CCCCC1. The lowest BCUT2D eigenvalue weighted by molar-refractivity contribution is 0.482. The van der Waals surface area contributed by atoms with Crippen molar-refractivity contribution in [1.82, 2.24) is 0 Å². The van der Waals surface area contributed by atoms with Gasteiger partial charge in [-0.3, -0.25) is 0 Å². The molecule has 2 fully saturated rings. The standard InChI is InChI=1S/C19H27Cl2P/c20-19(21,16-10-4-1-5-11-16)22(17-12-6-2-7-13-17)18-14-8-3-9-15-18/h1,4-5,10-11,17-18H,2-3,6-9,12-15H2. The number of hydrogen-bond acceptors (Lipinski definition) is 0. The van der Waals surface area contributed by atoms with Gasteiger partial charge in [-0.05, 0) is 42.6 Å². The van der Waals surface area contributed by atoms with Gasteiger partial charge in [0.15, 0.2) is 4.07 Å². The van der Waals surface area contributed by atoms with Gasteiger partial charge in [-0.2, -0.15) is 0 Å². The summed E-state index contributed by atoms with van der Waals surface area (Å²) in [6.45, 7) is 0. The highest BCUT2D eigenvalue weighted by Crippen LogP contribution is 2.71. The molecule has 0 heterocycles. The van der Waals surface area contributed by atoms with Crippen molar-refractivity contribution in [2.45, 2.75) is 79.6 Å². The Kier molecular flexibility index (Phi) is 6.10. The maximum absolute atomic E-state index is 7.09. The summed E-state index contributed by atoms with van der Waals surface area (Å²) >= 11 is 14.2. The summed E-state index contributed by atoms with van der Waals surface area (Å²) in [4.78, 5) is 0. The van der Waals surface area contributed by atoms with Crippen LogP contribution in [0.1, 0.15) is 69.8 Å². The van der Waals surface area contributed by atoms with E-state index in [0.717, 1.165) is 16.9 Å². The molecule has 0 N–H and O–H groups in total. The van der Waals surface area contributed by atoms with E-state index in [0.29, 0.717) is 0 Å². The Balaban J connectivity index is 1.89. The highest BCUT2D eigenvalue weighted by atomic mass is 35.5. The van der Waals surface area contributed by atoms with Crippen molar-refractivity contribution in [2.75, 3.05) is 0 Å². The molecule has 0 radical (unpaired) electrons. The summed E-state index contributed by atoms with van der Waals surface area (Å²) < 4.78 is -0.666. The molecule has 0 saturated heterocycles. The largest absolute Gasteiger partial charge is 0.161 e. The van der Waals surface area contributed by atoms with E-state index in [1.807, 2.05) is 0 Å². The molecule has 0 nitrogen and oxygen atoms in total. The van der Waals surface area contributed by atoms with Crippen LogP contribution in [-0.2, 0) is 4.07 Å². The quantitative estimate of drug-likeness (QED) is 0.388. The first-order valence-electron chi connectivity index (χ1n) is 8.91. The van der Waals surface area contributed by atoms with Crippen molar-refractivity contribution in [2.24, 2.45) is 0 Å². The fourth-order valence-corrected chi connectivity index (χ4v) is 9.97. The molecule has 3 rings (SSSR count). The third-order valence-corrected chi connectivity index (χ3v) is 10.5. The van der Waals surface area contributed by atoms with Crippen LogP contribution in [0.2, 0.25) is 0 Å². The normalized spacial score (nSPS) is 22.1. The molecular weight excluding hydrogens is 330 g/mol. The maximum Gasteiger partial charge on any atom is 0.161 e. The van der Waals surface area contributed by atoms with Crippen molar-refractivity contribution in [3.8, 4) is 0 Å². The molecular formula is C19H27Cl2P. The molecule has 0 bridgehead atoms. The van der Waals surface area contributed by atoms with Gasteiger partial charge in [-0.1, -0.05) is 100.0 Å². The predicted octanol–water partition coefficient (Wildman–Crippen LogP) is 7.42. The summed E-state index contributed by atoms with van der Waals surface area (Å²) in [6.07, 6.45) is 13.6. The molecule has 2 aliphatic carbocycles. The first-order chi connectivity index (χ1) is 10.7. The van der Waals surface area contributed by atoms with Gasteiger partial charge >= 0.3 is 0 Å². The molecule has 0 spiro atoms. The number of alkyl halides is 2. The first kappa shape index (κ1) is 17.1. The fourth-order valence-electron chi connectivity index (χ4n) is 4.26. The van der Waals surface area contributed by atoms with Gasteiger partial charge in [0.25, 0.3) is 0 Å². The lowest BCUT2D eigenvalue weighted by Crippen LogP contribution is -2.28. The van der Waals surface area contributed by atoms with Crippen molar-refractivity contribution < 1.29 is 0 Å². The van der Waals surface area contributed by atoms with Crippen LogP contribution in [0, 0.1) is 0 Å². The average molecular weight is 357 g/mol. The predicted molar refractivity (Wildman–Crippen MR) is 100 cm³/mol. The van der Waals surface area contributed by atoms with Crippen molar-refractivity contribution in [3.05, 3.63) is 35.9 Å². The fraction of sp³-hybridized carbons (Fsp3) is 0.684. The Morgan fingerprint density at radius 1 is 0.727 bits per heavy atom. The summed E-state index contributed by atoms with van der Waals surface area (Å²) in [5.74, 6) is 0. The Bertz CT molecular complexity index is 430. The highest BCUT2D eigenvalue weighted by Gasteiger charge is 2.45. The van der Waals surface area contributed by atoms with E-state index in [-0.39, 0.29) is 7.92 Å². The molecule has 2 aliphatic rings. The maximum atomic E-state index is 7.09. The van der Waals surface area contributed by atoms with E-state index < -0.39 is 4.07 Å². The van der Waals surface area contributed by atoms with Crippen LogP contribution < -0.4 is 0 Å². The van der Waals surface area contributed by atoms with E-state index >= 15 is 0 Å². The third-order valence-electron chi connectivity index (χ3n) is 5.38. The molecule has 122 valence electrons. The molecule has 0 atom stereocenters. The van der Waals surface area contributed by atoms with E-state index in [2.05, 4.69) is 30.3 Å². The number of hydrogen-bond donors (Lipinski definition) is 0. The second kappa shape index (κ2) is 7.87. The van der Waals surface area contributed by atoms with Crippen LogP contribution >= 0.6 is 31.1 Å². The van der Waals surface area contributed by atoms with Gasteiger partial charge in [0.1, 0.15) is 0 Å². The number of rotatable bonds is 4. The molecule has 1 aromatic carbocycles. The van der Waals surface area contributed by atoms with E-state index in [1.54, 1.807) is 0 Å². The summed E-state index contributed by atoms with van der Waals surface area (Å²) in [5, 5.41) is 0. The Hall–Kier alpha value is 0.230. The monoisotopic (exact) mass is 356 g/mol. The van der Waals surface area contributed by atoms with Crippen LogP contribution in [0.4, 0.5) is 0 Å². The smallest absolute Gasteiger partial charge is 0.0912 e. The van der Waals surface area contributed by atoms with Crippen molar-refractivity contribution >= 4 is 31.1 Å². The van der Waals surface area contributed by atoms with Gasteiger partial charge in [-0.15, -0.1) is 0 Å². The van der Waals surface area contributed by atoms with Gasteiger partial charge in [-0.25, -0.2) is 0 Å². The first-order valence-corrected chi connectivity index (χ1v) is 11.1. The van der Waals surface area contributed by atoms with Gasteiger partial charge in [0.05, 0.1) is 0 Å². The lowest BCUT2D eigenvalue weighted by atomic mass is 9.99. The topological polar surface area (TPSA) is 0 Å². The summed E-state index contributed by atoms with van der Waals surface area (Å²) in [7, 11) is -0.386. The van der Waals surface area contributed by atoms with Crippen molar-refractivity contribution in [1.29, 1.82) is 0 Å². The molecule has 22 heavy (non-hydrogen) atoms. The Morgan fingerprint density at radius 2 is 1.18 bits per heavy atom. The minimum absolute atomic E-state index is 0.386. The number of benzene rings is 1. The zero-order valence-corrected chi connectivity index (χ0v) is 15.7. The minimum Gasteiger partial charge on any atom is -0.0912 e. The van der Waals surface area contributed by atoms with Crippen molar-refractivity contribution in [3.63, 3.8) is 0 Å². The zero-order valence-electron chi connectivity index (χ0n) is 13.3. The minimum atomic E-state index is -0.666. The Labute approximate surface area is 146 Å². The molecule has 0 aromatic heterocycles. The number of halogens is 2. The molecule has 3 heteroatoms. The molecule has 2 saturated carbocycles. The molecule has 0 amide bonds. The third kappa shape index (κ3) is 3.82. The lowest BCUT2D eigenvalue weighted by Gasteiger charge is -2.44. The Morgan fingerprint density at radius 3 is 1.64 bits per heavy atom. The molecule has 1 aromatic rings. The second-order valence-electron chi connectivity index (χ2n) is 6.90. The van der Waals surface area contributed by atoms with Gasteiger partial charge in [0, 0.05) is 0 Å². The van der Waals surface area contributed by atoms with E-state index in [9.17, 15) is 0 Å². The second-order valence-corrected chi connectivity index (χ2v) is 11.7. The van der Waals surface area contributed by atoms with Crippen LogP contribution in [0.5, 0.6) is 0 Å².